The van der Waals surface area contributed by atoms with Crippen LogP contribution >= 0.6 is 0 Å². The summed E-state index contributed by atoms with van der Waals surface area (Å²) in [6.07, 6.45) is 3.00. The Balaban J connectivity index is 1.94. The molecule has 5 nitrogen and oxygen atoms in total. The van der Waals surface area contributed by atoms with E-state index in [9.17, 15) is 4.79 Å². The molecule has 1 atom stereocenters. The summed E-state index contributed by atoms with van der Waals surface area (Å²) in [4.78, 5) is 13.9. The fourth-order valence-electron chi connectivity index (χ4n) is 2.52. The van der Waals surface area contributed by atoms with Crippen LogP contribution in [-0.4, -0.2) is 29.2 Å². The zero-order valence-electron chi connectivity index (χ0n) is 12.6. The zero-order chi connectivity index (χ0) is 14.5. The number of rotatable bonds is 4. The molecule has 0 saturated carbocycles. The highest BCUT2D eigenvalue weighted by Crippen LogP contribution is 2.21. The summed E-state index contributed by atoms with van der Waals surface area (Å²) in [6, 6.07) is 3.77. The maximum atomic E-state index is 11.7. The molecule has 1 aliphatic rings. The minimum atomic E-state index is -0.00588. The molecule has 0 spiro atoms. The van der Waals surface area contributed by atoms with Crippen LogP contribution < -0.4 is 10.2 Å². The van der Waals surface area contributed by atoms with Crippen LogP contribution in [0.5, 0.6) is 0 Å². The molecule has 1 aromatic rings. The monoisotopic (exact) mass is 276 g/mol. The Morgan fingerprint density at radius 2 is 2.25 bits per heavy atom. The fourth-order valence-corrected chi connectivity index (χ4v) is 2.52. The quantitative estimate of drug-likeness (QED) is 0.918. The van der Waals surface area contributed by atoms with Crippen LogP contribution in [0.3, 0.4) is 0 Å². The Kier molecular flexibility index (Phi) is 4.93. The third-order valence-corrected chi connectivity index (χ3v) is 3.49. The predicted molar refractivity (Wildman–Crippen MR) is 80.7 cm³/mol. The van der Waals surface area contributed by atoms with Gasteiger partial charge in [-0.2, -0.15) is 0 Å². The lowest BCUT2D eigenvalue weighted by Gasteiger charge is -2.31. The minimum Gasteiger partial charge on any atom is -0.355 e. The molecule has 0 aromatic carbocycles. The summed E-state index contributed by atoms with van der Waals surface area (Å²) >= 11 is 0. The van der Waals surface area contributed by atoms with Gasteiger partial charge >= 0.3 is 0 Å². The van der Waals surface area contributed by atoms with Crippen molar-refractivity contribution in [2.24, 2.45) is 11.8 Å². The SMILES string of the molecule is CC(C)CC(=O)Nc1ccc(N2CCCC(C)C2)nn1. The van der Waals surface area contributed by atoms with Crippen LogP contribution in [0.4, 0.5) is 11.6 Å². The number of aromatic nitrogens is 2. The number of nitrogens with one attached hydrogen (secondary N) is 1. The molecule has 1 fully saturated rings. The van der Waals surface area contributed by atoms with E-state index in [1.807, 2.05) is 26.0 Å². The van der Waals surface area contributed by atoms with Gasteiger partial charge in [0.25, 0.3) is 0 Å². The molecule has 110 valence electrons. The van der Waals surface area contributed by atoms with E-state index in [-0.39, 0.29) is 5.91 Å². The molecular weight excluding hydrogens is 252 g/mol. The first-order valence-corrected chi connectivity index (χ1v) is 7.43. The van der Waals surface area contributed by atoms with Crippen molar-refractivity contribution in [2.75, 3.05) is 23.3 Å². The molecule has 1 N–H and O–H groups in total. The van der Waals surface area contributed by atoms with Gasteiger partial charge in [0.2, 0.25) is 5.91 Å². The van der Waals surface area contributed by atoms with Gasteiger partial charge in [0.15, 0.2) is 11.6 Å². The maximum Gasteiger partial charge on any atom is 0.225 e. The summed E-state index contributed by atoms with van der Waals surface area (Å²) in [5.74, 6) is 2.48. The molecule has 2 rings (SSSR count). The Bertz CT molecular complexity index is 444. The lowest BCUT2D eigenvalue weighted by molar-refractivity contribution is -0.116. The van der Waals surface area contributed by atoms with E-state index in [0.29, 0.717) is 24.1 Å². The molecule has 1 amide bonds. The first-order chi connectivity index (χ1) is 9.54. The summed E-state index contributed by atoms with van der Waals surface area (Å²) < 4.78 is 0. The molecule has 0 bridgehead atoms. The van der Waals surface area contributed by atoms with E-state index in [4.69, 9.17) is 0 Å². The second-order valence-corrected chi connectivity index (χ2v) is 6.12. The molecule has 1 aromatic heterocycles. The number of piperidine rings is 1. The number of anilines is 2. The number of hydrogen-bond acceptors (Lipinski definition) is 4. The van der Waals surface area contributed by atoms with Crippen LogP contribution in [0.2, 0.25) is 0 Å². The largest absolute Gasteiger partial charge is 0.355 e. The number of hydrogen-bond donors (Lipinski definition) is 1. The predicted octanol–water partition coefficient (Wildman–Crippen LogP) is 2.70. The van der Waals surface area contributed by atoms with Crippen molar-refractivity contribution in [1.29, 1.82) is 0 Å². The lowest BCUT2D eigenvalue weighted by Crippen LogP contribution is -2.34. The van der Waals surface area contributed by atoms with Crippen molar-refractivity contribution in [3.05, 3.63) is 12.1 Å². The molecule has 0 radical (unpaired) electrons. The van der Waals surface area contributed by atoms with Crippen LogP contribution in [0.25, 0.3) is 0 Å². The molecule has 0 aliphatic carbocycles. The Morgan fingerprint density at radius 1 is 1.45 bits per heavy atom. The first kappa shape index (κ1) is 14.8. The van der Waals surface area contributed by atoms with Gasteiger partial charge in [-0.15, -0.1) is 10.2 Å². The number of amides is 1. The summed E-state index contributed by atoms with van der Waals surface area (Å²) in [7, 11) is 0. The van der Waals surface area contributed by atoms with E-state index in [1.165, 1.54) is 12.8 Å². The van der Waals surface area contributed by atoms with Crippen molar-refractivity contribution >= 4 is 17.5 Å². The van der Waals surface area contributed by atoms with Crippen molar-refractivity contribution < 1.29 is 4.79 Å². The highest BCUT2D eigenvalue weighted by Gasteiger charge is 2.17. The zero-order valence-corrected chi connectivity index (χ0v) is 12.6. The van der Waals surface area contributed by atoms with Gasteiger partial charge in [0.05, 0.1) is 0 Å². The van der Waals surface area contributed by atoms with Gasteiger partial charge in [-0.1, -0.05) is 20.8 Å². The van der Waals surface area contributed by atoms with Crippen LogP contribution in [0, 0.1) is 11.8 Å². The van der Waals surface area contributed by atoms with E-state index < -0.39 is 0 Å². The second-order valence-electron chi connectivity index (χ2n) is 6.12. The maximum absolute atomic E-state index is 11.7. The molecule has 1 aliphatic heterocycles. The van der Waals surface area contributed by atoms with E-state index in [0.717, 1.165) is 18.9 Å². The van der Waals surface area contributed by atoms with Crippen molar-refractivity contribution in [3.63, 3.8) is 0 Å². The Labute approximate surface area is 120 Å². The third kappa shape index (κ3) is 4.18. The normalized spacial score (nSPS) is 19.2. The smallest absolute Gasteiger partial charge is 0.225 e. The van der Waals surface area contributed by atoms with Crippen LogP contribution in [0.15, 0.2) is 12.1 Å². The van der Waals surface area contributed by atoms with Gasteiger partial charge in [0.1, 0.15) is 0 Å². The van der Waals surface area contributed by atoms with E-state index in [2.05, 4.69) is 27.3 Å². The third-order valence-electron chi connectivity index (χ3n) is 3.49. The second kappa shape index (κ2) is 6.68. The van der Waals surface area contributed by atoms with Gasteiger partial charge in [-0.3, -0.25) is 4.79 Å². The topological polar surface area (TPSA) is 58.1 Å². The van der Waals surface area contributed by atoms with E-state index in [1.54, 1.807) is 0 Å². The molecule has 20 heavy (non-hydrogen) atoms. The average molecular weight is 276 g/mol. The minimum absolute atomic E-state index is 0.00588. The van der Waals surface area contributed by atoms with Gasteiger partial charge in [-0.25, -0.2) is 0 Å². The number of nitrogens with zero attached hydrogens (tertiary/aromatic N) is 3. The molecule has 1 unspecified atom stereocenters. The fraction of sp³-hybridized carbons (Fsp3) is 0.667. The Morgan fingerprint density at radius 3 is 2.85 bits per heavy atom. The number of carbonyl (C=O) groups is 1. The molecule has 2 heterocycles. The first-order valence-electron chi connectivity index (χ1n) is 7.43. The van der Waals surface area contributed by atoms with Crippen molar-refractivity contribution in [2.45, 2.75) is 40.0 Å². The highest BCUT2D eigenvalue weighted by atomic mass is 16.1. The summed E-state index contributed by atoms with van der Waals surface area (Å²) in [5.41, 5.74) is 0. The van der Waals surface area contributed by atoms with Crippen LogP contribution in [-0.2, 0) is 4.79 Å². The average Bonchev–Trinajstić information content (AvgIpc) is 2.38. The molecule has 1 saturated heterocycles. The van der Waals surface area contributed by atoms with Crippen molar-refractivity contribution in [3.8, 4) is 0 Å². The van der Waals surface area contributed by atoms with E-state index >= 15 is 0 Å². The van der Waals surface area contributed by atoms with Crippen LogP contribution in [0.1, 0.15) is 40.0 Å². The Hall–Kier alpha value is -1.65. The summed E-state index contributed by atoms with van der Waals surface area (Å²) in [5, 5.41) is 11.1. The van der Waals surface area contributed by atoms with Gasteiger partial charge < -0.3 is 10.2 Å². The lowest BCUT2D eigenvalue weighted by atomic mass is 10.0. The van der Waals surface area contributed by atoms with Gasteiger partial charge in [-0.05, 0) is 36.8 Å². The number of carbonyl (C=O) groups excluding carboxylic acids is 1. The molecular formula is C15H24N4O. The highest BCUT2D eigenvalue weighted by molar-refractivity contribution is 5.89. The van der Waals surface area contributed by atoms with Gasteiger partial charge in [0, 0.05) is 19.5 Å². The van der Waals surface area contributed by atoms with Crippen molar-refractivity contribution in [1.82, 2.24) is 10.2 Å². The summed E-state index contributed by atoms with van der Waals surface area (Å²) in [6.45, 7) is 8.38. The standard InChI is InChI=1S/C15H24N4O/c1-11(2)9-15(20)16-13-6-7-14(18-17-13)19-8-4-5-12(3)10-19/h6-7,11-12H,4-5,8-10H2,1-3H3,(H,16,17,20). The molecule has 5 heteroatoms.